The van der Waals surface area contributed by atoms with Gasteiger partial charge >= 0.3 is 5.97 Å². The van der Waals surface area contributed by atoms with E-state index in [4.69, 9.17) is 10.8 Å². The number of para-hydroxylation sites is 1. The quantitative estimate of drug-likeness (QED) is 0.788. The van der Waals surface area contributed by atoms with E-state index in [9.17, 15) is 9.90 Å². The number of phenolic OH excluding ortho intramolecular Hbond substituents is 1. The average molecular weight is 286 g/mol. The number of carboxylic acids is 1. The van der Waals surface area contributed by atoms with Crippen LogP contribution in [0.4, 0.5) is 0 Å². The fraction of sp³-hybridized carbons (Fsp3) is 0.364. The molecule has 0 spiro atoms. The summed E-state index contributed by atoms with van der Waals surface area (Å²) in [7, 11) is 0. The molecule has 4 N–H and O–H groups in total. The van der Waals surface area contributed by atoms with Crippen molar-refractivity contribution in [1.29, 1.82) is 0 Å². The number of benzene rings is 1. The molecule has 1 unspecified atom stereocenters. The van der Waals surface area contributed by atoms with Crippen LogP contribution in [0, 0.1) is 0 Å². The third-order valence-electron chi connectivity index (χ3n) is 3.17. The smallest absolute Gasteiger partial charge is 0.321 e. The van der Waals surface area contributed by atoms with Crippen LogP contribution in [0.3, 0.4) is 0 Å². The first-order chi connectivity index (χ1) is 7.49. The highest BCUT2D eigenvalue weighted by Gasteiger charge is 2.53. The Kier molecular flexibility index (Phi) is 2.67. The molecule has 4 nitrogen and oxygen atoms in total. The van der Waals surface area contributed by atoms with E-state index in [-0.39, 0.29) is 5.75 Å². The molecule has 1 aromatic rings. The number of phenols is 1. The van der Waals surface area contributed by atoms with Gasteiger partial charge in [0.25, 0.3) is 0 Å². The molecule has 1 saturated carbocycles. The zero-order valence-corrected chi connectivity index (χ0v) is 10.1. The first-order valence-corrected chi connectivity index (χ1v) is 5.75. The third-order valence-corrected chi connectivity index (χ3v) is 3.81. The predicted molar refractivity (Wildman–Crippen MR) is 62.3 cm³/mol. The Morgan fingerprint density at radius 3 is 2.62 bits per heavy atom. The molecule has 1 aliphatic carbocycles. The summed E-state index contributed by atoms with van der Waals surface area (Å²) in [6, 6.07) is 4.25. The van der Waals surface area contributed by atoms with Crippen LogP contribution in [-0.2, 0) is 10.2 Å². The number of carboxylic acid groups (broad SMARTS) is 1. The molecule has 0 radical (unpaired) electrons. The van der Waals surface area contributed by atoms with E-state index in [0.717, 1.165) is 0 Å². The van der Waals surface area contributed by atoms with Crippen LogP contribution < -0.4 is 5.73 Å². The summed E-state index contributed by atoms with van der Waals surface area (Å²) in [4.78, 5) is 10.9. The Labute approximate surface area is 101 Å². The summed E-state index contributed by atoms with van der Waals surface area (Å²) in [5.74, 6) is -0.937. The van der Waals surface area contributed by atoms with Crippen molar-refractivity contribution in [2.75, 3.05) is 0 Å². The summed E-state index contributed by atoms with van der Waals surface area (Å²) in [6.45, 7) is 0. The van der Waals surface area contributed by atoms with Crippen molar-refractivity contribution in [2.24, 2.45) is 5.73 Å². The summed E-state index contributed by atoms with van der Waals surface area (Å²) in [5, 5.41) is 18.9. The lowest BCUT2D eigenvalue weighted by molar-refractivity contribution is -0.139. The Morgan fingerprint density at radius 1 is 1.50 bits per heavy atom. The number of nitrogens with two attached hydrogens (primary N) is 1. The molecule has 5 heteroatoms. The Hall–Kier alpha value is -1.07. The van der Waals surface area contributed by atoms with E-state index in [1.54, 1.807) is 18.2 Å². The van der Waals surface area contributed by atoms with E-state index < -0.39 is 17.4 Å². The summed E-state index contributed by atoms with van der Waals surface area (Å²) in [6.07, 6.45) is 1.40. The second kappa shape index (κ2) is 3.75. The number of hydrogen-bond acceptors (Lipinski definition) is 3. The van der Waals surface area contributed by atoms with E-state index in [1.807, 2.05) is 0 Å². The van der Waals surface area contributed by atoms with Crippen LogP contribution in [0.25, 0.3) is 0 Å². The van der Waals surface area contributed by atoms with Crippen LogP contribution in [0.2, 0.25) is 0 Å². The standard InChI is InChI=1S/C11H12BrNO3/c12-7-3-1-2-6(8(7)14)11(4-5-11)9(13)10(15)16/h1-3,9,14H,4-5,13H2,(H,15,16). The van der Waals surface area contributed by atoms with Crippen molar-refractivity contribution < 1.29 is 15.0 Å². The Balaban J connectivity index is 2.45. The van der Waals surface area contributed by atoms with Gasteiger partial charge in [0, 0.05) is 11.0 Å². The monoisotopic (exact) mass is 285 g/mol. The second-order valence-corrected chi connectivity index (χ2v) is 4.96. The fourth-order valence-corrected chi connectivity index (χ4v) is 2.40. The van der Waals surface area contributed by atoms with Gasteiger partial charge in [0.2, 0.25) is 0 Å². The molecule has 0 saturated heterocycles. The van der Waals surface area contributed by atoms with Gasteiger partial charge in [0.05, 0.1) is 4.47 Å². The fourth-order valence-electron chi connectivity index (χ4n) is 2.04. The van der Waals surface area contributed by atoms with E-state index in [1.165, 1.54) is 0 Å². The van der Waals surface area contributed by atoms with Gasteiger partial charge < -0.3 is 15.9 Å². The average Bonchev–Trinajstić information content (AvgIpc) is 3.02. The molecule has 0 heterocycles. The molecule has 86 valence electrons. The lowest BCUT2D eigenvalue weighted by Gasteiger charge is -2.21. The largest absolute Gasteiger partial charge is 0.506 e. The van der Waals surface area contributed by atoms with Crippen LogP contribution in [0.1, 0.15) is 18.4 Å². The molecule has 0 aromatic heterocycles. The maximum absolute atomic E-state index is 10.9. The number of aliphatic carboxylic acids is 1. The molecule has 0 bridgehead atoms. The zero-order valence-electron chi connectivity index (χ0n) is 8.48. The van der Waals surface area contributed by atoms with Crippen molar-refractivity contribution >= 4 is 21.9 Å². The van der Waals surface area contributed by atoms with Crippen LogP contribution in [0.15, 0.2) is 22.7 Å². The molecule has 0 aliphatic heterocycles. The van der Waals surface area contributed by atoms with Crippen LogP contribution >= 0.6 is 15.9 Å². The van der Waals surface area contributed by atoms with Gasteiger partial charge in [0.1, 0.15) is 11.8 Å². The topological polar surface area (TPSA) is 83.6 Å². The molecule has 0 amide bonds. The number of hydrogen-bond donors (Lipinski definition) is 3. The third kappa shape index (κ3) is 1.60. The summed E-state index contributed by atoms with van der Waals surface area (Å²) < 4.78 is 0.564. The van der Waals surface area contributed by atoms with E-state index in [0.29, 0.717) is 22.9 Å². The van der Waals surface area contributed by atoms with Crippen molar-refractivity contribution in [3.8, 4) is 5.75 Å². The molecule has 16 heavy (non-hydrogen) atoms. The highest BCUT2D eigenvalue weighted by Crippen LogP contribution is 2.54. The molecule has 2 rings (SSSR count). The van der Waals surface area contributed by atoms with Gasteiger partial charge in [-0.15, -0.1) is 0 Å². The Bertz CT molecular complexity index is 443. The minimum Gasteiger partial charge on any atom is -0.506 e. The second-order valence-electron chi connectivity index (χ2n) is 4.11. The van der Waals surface area contributed by atoms with Gasteiger partial charge in [-0.3, -0.25) is 4.79 Å². The first kappa shape index (κ1) is 11.4. The Morgan fingerprint density at radius 2 is 2.12 bits per heavy atom. The number of aromatic hydroxyl groups is 1. The predicted octanol–water partition coefficient (Wildman–Crippen LogP) is 1.60. The molecule has 1 aromatic carbocycles. The van der Waals surface area contributed by atoms with Gasteiger partial charge in [-0.05, 0) is 34.8 Å². The zero-order chi connectivity index (χ0) is 11.9. The van der Waals surface area contributed by atoms with E-state index >= 15 is 0 Å². The van der Waals surface area contributed by atoms with Crippen LogP contribution in [-0.4, -0.2) is 22.2 Å². The van der Waals surface area contributed by atoms with Gasteiger partial charge in [0.15, 0.2) is 0 Å². The number of rotatable bonds is 3. The highest BCUT2D eigenvalue weighted by atomic mass is 79.9. The number of halogens is 1. The van der Waals surface area contributed by atoms with Crippen LogP contribution in [0.5, 0.6) is 5.75 Å². The minimum absolute atomic E-state index is 0.0942. The van der Waals surface area contributed by atoms with Crippen molar-refractivity contribution in [3.63, 3.8) is 0 Å². The SMILES string of the molecule is NC(C(=O)O)C1(c2cccc(Br)c2O)CC1. The highest BCUT2D eigenvalue weighted by molar-refractivity contribution is 9.10. The molecule has 1 aliphatic rings. The van der Waals surface area contributed by atoms with Gasteiger partial charge in [-0.25, -0.2) is 0 Å². The van der Waals surface area contributed by atoms with Crippen molar-refractivity contribution in [2.45, 2.75) is 24.3 Å². The van der Waals surface area contributed by atoms with Crippen molar-refractivity contribution in [1.82, 2.24) is 0 Å². The normalized spacial score (nSPS) is 19.1. The number of carbonyl (C=O) groups is 1. The molecular formula is C11H12BrNO3. The summed E-state index contributed by atoms with van der Waals surface area (Å²) in [5.41, 5.74) is 5.71. The van der Waals surface area contributed by atoms with Gasteiger partial charge in [-0.2, -0.15) is 0 Å². The maximum atomic E-state index is 10.9. The molecule has 1 atom stereocenters. The lowest BCUT2D eigenvalue weighted by Crippen LogP contribution is -2.42. The minimum atomic E-state index is -1.03. The molecular weight excluding hydrogens is 274 g/mol. The summed E-state index contributed by atoms with van der Waals surface area (Å²) >= 11 is 3.21. The van der Waals surface area contributed by atoms with E-state index in [2.05, 4.69) is 15.9 Å². The van der Waals surface area contributed by atoms with Gasteiger partial charge in [-0.1, -0.05) is 12.1 Å². The first-order valence-electron chi connectivity index (χ1n) is 4.95. The maximum Gasteiger partial charge on any atom is 0.321 e. The lowest BCUT2D eigenvalue weighted by atomic mass is 9.88. The van der Waals surface area contributed by atoms with Crippen molar-refractivity contribution in [3.05, 3.63) is 28.2 Å². The molecule has 1 fully saturated rings.